The lowest BCUT2D eigenvalue weighted by molar-refractivity contribution is 0.0959. The number of rotatable bonds is 5. The van der Waals surface area contributed by atoms with Crippen LogP contribution in [0.3, 0.4) is 0 Å². The van der Waals surface area contributed by atoms with Gasteiger partial charge >= 0.3 is 0 Å². The molecule has 0 saturated heterocycles. The molecule has 0 aliphatic carbocycles. The van der Waals surface area contributed by atoms with Gasteiger partial charge in [0.2, 0.25) is 0 Å². The first-order valence-electron chi connectivity index (χ1n) is 4.93. The molecule has 0 N–H and O–H groups in total. The third-order valence-electron chi connectivity index (χ3n) is 2.18. The normalized spacial score (nSPS) is 10.3. The highest BCUT2D eigenvalue weighted by Crippen LogP contribution is 2.12. The van der Waals surface area contributed by atoms with E-state index in [0.29, 0.717) is 19.4 Å². The van der Waals surface area contributed by atoms with Gasteiger partial charge in [0.25, 0.3) is 0 Å². The number of ketones is 1. The molecule has 15 heavy (non-hydrogen) atoms. The summed E-state index contributed by atoms with van der Waals surface area (Å²) in [6, 6.07) is 4.66. The summed E-state index contributed by atoms with van der Waals surface area (Å²) in [7, 11) is 1.58. The fourth-order valence-electron chi connectivity index (χ4n) is 1.36. The first-order chi connectivity index (χ1) is 7.15. The van der Waals surface area contributed by atoms with Crippen molar-refractivity contribution < 1.29 is 13.9 Å². The Morgan fingerprint density at radius 1 is 1.47 bits per heavy atom. The fraction of sp³-hybridized carbons (Fsp3) is 0.417. The van der Waals surface area contributed by atoms with Crippen LogP contribution >= 0.6 is 0 Å². The van der Waals surface area contributed by atoms with Crippen LogP contribution in [-0.4, -0.2) is 19.5 Å². The molecule has 0 atom stereocenters. The summed E-state index contributed by atoms with van der Waals surface area (Å²) in [6.45, 7) is 2.32. The van der Waals surface area contributed by atoms with Gasteiger partial charge in [0.15, 0.2) is 5.78 Å². The number of methoxy groups -OCH3 is 1. The Morgan fingerprint density at radius 3 is 2.80 bits per heavy atom. The average Bonchev–Trinajstić information content (AvgIpc) is 2.17. The van der Waals surface area contributed by atoms with E-state index < -0.39 is 5.82 Å². The molecule has 1 aromatic rings. The summed E-state index contributed by atoms with van der Waals surface area (Å²) < 4.78 is 18.2. The molecule has 0 heterocycles. The van der Waals surface area contributed by atoms with E-state index in [-0.39, 0.29) is 11.3 Å². The van der Waals surface area contributed by atoms with Gasteiger partial charge in [0.1, 0.15) is 5.82 Å². The third-order valence-corrected chi connectivity index (χ3v) is 2.18. The Bertz CT molecular complexity index is 347. The highest BCUT2D eigenvalue weighted by Gasteiger charge is 2.10. The first-order valence-corrected chi connectivity index (χ1v) is 4.93. The summed E-state index contributed by atoms with van der Waals surface area (Å²) in [5, 5.41) is 0. The summed E-state index contributed by atoms with van der Waals surface area (Å²) in [5.74, 6) is -0.595. The summed E-state index contributed by atoms with van der Waals surface area (Å²) in [4.78, 5) is 11.6. The quantitative estimate of drug-likeness (QED) is 0.551. The van der Waals surface area contributed by atoms with Gasteiger partial charge in [-0.15, -0.1) is 0 Å². The van der Waals surface area contributed by atoms with E-state index in [1.54, 1.807) is 26.2 Å². The van der Waals surface area contributed by atoms with Gasteiger partial charge in [0, 0.05) is 20.1 Å². The van der Waals surface area contributed by atoms with Gasteiger partial charge in [-0.05, 0) is 31.0 Å². The molecule has 0 fully saturated rings. The monoisotopic (exact) mass is 210 g/mol. The summed E-state index contributed by atoms with van der Waals surface area (Å²) in [5.41, 5.74) is 0.998. The molecule has 0 saturated carbocycles. The molecule has 0 unspecified atom stereocenters. The second kappa shape index (κ2) is 5.61. The molecule has 3 heteroatoms. The number of hydrogen-bond acceptors (Lipinski definition) is 2. The molecule has 2 nitrogen and oxygen atoms in total. The minimum absolute atomic E-state index is 0.162. The lowest BCUT2D eigenvalue weighted by Gasteiger charge is -2.03. The average molecular weight is 210 g/mol. The van der Waals surface area contributed by atoms with Crippen LogP contribution < -0.4 is 0 Å². The van der Waals surface area contributed by atoms with Crippen molar-refractivity contribution in [3.63, 3.8) is 0 Å². The third kappa shape index (κ3) is 3.44. The Labute approximate surface area is 89.1 Å². The first kappa shape index (κ1) is 11.9. The van der Waals surface area contributed by atoms with E-state index in [2.05, 4.69) is 0 Å². The standard InChI is InChI=1S/C12H15FO2/c1-9-5-6-10(11(13)8-9)12(14)4-3-7-15-2/h5-6,8H,3-4,7H2,1-2H3. The molecule has 82 valence electrons. The van der Waals surface area contributed by atoms with Gasteiger partial charge in [-0.1, -0.05) is 6.07 Å². The molecule has 1 rings (SSSR count). The van der Waals surface area contributed by atoms with Crippen LogP contribution in [0.2, 0.25) is 0 Å². The maximum Gasteiger partial charge on any atom is 0.165 e. The molecular formula is C12H15FO2. The van der Waals surface area contributed by atoms with Crippen LogP contribution in [0.5, 0.6) is 0 Å². The summed E-state index contributed by atoms with van der Waals surface area (Å²) in [6.07, 6.45) is 0.955. The number of benzene rings is 1. The van der Waals surface area contributed by atoms with Gasteiger partial charge in [-0.25, -0.2) is 4.39 Å². The highest BCUT2D eigenvalue weighted by atomic mass is 19.1. The van der Waals surface area contributed by atoms with Crippen molar-refractivity contribution in [1.29, 1.82) is 0 Å². The number of carbonyl (C=O) groups is 1. The number of aryl methyl sites for hydroxylation is 1. The molecule has 0 aliphatic heterocycles. The number of Topliss-reactive ketones (excluding diaryl/α,β-unsaturated/α-hetero) is 1. The number of halogens is 1. The van der Waals surface area contributed by atoms with Crippen molar-refractivity contribution in [2.45, 2.75) is 19.8 Å². The predicted molar refractivity (Wildman–Crippen MR) is 56.6 cm³/mol. The topological polar surface area (TPSA) is 26.3 Å². The van der Waals surface area contributed by atoms with E-state index in [1.165, 1.54) is 6.07 Å². The Balaban J connectivity index is 2.65. The minimum atomic E-state index is -0.433. The highest BCUT2D eigenvalue weighted by molar-refractivity contribution is 5.96. The lowest BCUT2D eigenvalue weighted by atomic mass is 10.0. The van der Waals surface area contributed by atoms with E-state index in [4.69, 9.17) is 4.74 Å². The maximum absolute atomic E-state index is 13.4. The zero-order chi connectivity index (χ0) is 11.3. The van der Waals surface area contributed by atoms with Gasteiger partial charge in [-0.2, -0.15) is 0 Å². The van der Waals surface area contributed by atoms with Crippen molar-refractivity contribution in [3.8, 4) is 0 Å². The van der Waals surface area contributed by atoms with Crippen molar-refractivity contribution in [3.05, 3.63) is 35.1 Å². The predicted octanol–water partition coefficient (Wildman–Crippen LogP) is 2.74. The van der Waals surface area contributed by atoms with Crippen LogP contribution in [0.4, 0.5) is 4.39 Å². The molecule has 0 bridgehead atoms. The number of carbonyl (C=O) groups excluding carboxylic acids is 1. The number of ether oxygens (including phenoxy) is 1. The smallest absolute Gasteiger partial charge is 0.165 e. The van der Waals surface area contributed by atoms with Crippen LogP contribution in [0, 0.1) is 12.7 Å². The van der Waals surface area contributed by atoms with Gasteiger partial charge in [-0.3, -0.25) is 4.79 Å². The molecular weight excluding hydrogens is 195 g/mol. The molecule has 1 aromatic carbocycles. The van der Waals surface area contributed by atoms with Crippen LogP contribution in [0.1, 0.15) is 28.8 Å². The number of hydrogen-bond donors (Lipinski definition) is 0. The maximum atomic E-state index is 13.4. The van der Waals surface area contributed by atoms with Crippen molar-refractivity contribution in [2.24, 2.45) is 0 Å². The largest absolute Gasteiger partial charge is 0.385 e. The van der Waals surface area contributed by atoms with Crippen molar-refractivity contribution >= 4 is 5.78 Å². The van der Waals surface area contributed by atoms with Crippen LogP contribution in [0.15, 0.2) is 18.2 Å². The second-order valence-corrected chi connectivity index (χ2v) is 3.50. The van der Waals surface area contributed by atoms with Crippen molar-refractivity contribution in [1.82, 2.24) is 0 Å². The van der Waals surface area contributed by atoms with E-state index in [0.717, 1.165) is 5.56 Å². The van der Waals surface area contributed by atoms with Crippen LogP contribution in [0.25, 0.3) is 0 Å². The lowest BCUT2D eigenvalue weighted by Crippen LogP contribution is -2.04. The van der Waals surface area contributed by atoms with Crippen molar-refractivity contribution in [2.75, 3.05) is 13.7 Å². The Hall–Kier alpha value is -1.22. The molecule has 0 aliphatic rings. The SMILES string of the molecule is COCCCC(=O)c1ccc(C)cc1F. The zero-order valence-electron chi connectivity index (χ0n) is 9.05. The summed E-state index contributed by atoms with van der Waals surface area (Å²) >= 11 is 0. The van der Waals surface area contributed by atoms with Gasteiger partial charge < -0.3 is 4.74 Å². The Kier molecular flexibility index (Phi) is 4.43. The zero-order valence-corrected chi connectivity index (χ0v) is 9.05. The molecule has 0 radical (unpaired) electrons. The molecule has 0 spiro atoms. The minimum Gasteiger partial charge on any atom is -0.385 e. The second-order valence-electron chi connectivity index (χ2n) is 3.50. The van der Waals surface area contributed by atoms with E-state index >= 15 is 0 Å². The van der Waals surface area contributed by atoms with E-state index in [1.807, 2.05) is 0 Å². The van der Waals surface area contributed by atoms with Gasteiger partial charge in [0.05, 0.1) is 5.56 Å². The Morgan fingerprint density at radius 2 is 2.20 bits per heavy atom. The molecule has 0 aromatic heterocycles. The fourth-order valence-corrected chi connectivity index (χ4v) is 1.36. The van der Waals surface area contributed by atoms with Crippen LogP contribution in [-0.2, 0) is 4.74 Å². The van der Waals surface area contributed by atoms with E-state index in [9.17, 15) is 9.18 Å². The molecule has 0 amide bonds.